The van der Waals surface area contributed by atoms with Crippen molar-refractivity contribution < 1.29 is 9.90 Å². The Balaban J connectivity index is 2.53. The molecule has 0 aliphatic rings. The lowest BCUT2D eigenvalue weighted by atomic mass is 10.1. The molecule has 1 aromatic carbocycles. The molecule has 0 aliphatic carbocycles. The zero-order valence-electron chi connectivity index (χ0n) is 9.03. The first-order valence-corrected chi connectivity index (χ1v) is 6.07. The van der Waals surface area contributed by atoms with Crippen molar-refractivity contribution >= 4 is 34.6 Å². The number of rotatable bonds is 2. The van der Waals surface area contributed by atoms with Crippen LogP contribution in [0.4, 0.5) is 5.69 Å². The van der Waals surface area contributed by atoms with Crippen molar-refractivity contribution in [2.45, 2.75) is 6.92 Å². The first-order valence-electron chi connectivity index (χ1n) is 4.88. The largest absolute Gasteiger partial charge is 0.477 e. The number of aromatic carboxylic acids is 1. The Kier molecular flexibility index (Phi) is 3.09. The van der Waals surface area contributed by atoms with Gasteiger partial charge in [-0.3, -0.25) is 0 Å². The summed E-state index contributed by atoms with van der Waals surface area (Å²) in [6, 6.07) is 7.17. The van der Waals surface area contributed by atoms with E-state index in [1.807, 2.05) is 19.1 Å². The van der Waals surface area contributed by atoms with E-state index in [1.54, 1.807) is 12.1 Å². The molecule has 0 aliphatic heterocycles. The van der Waals surface area contributed by atoms with Gasteiger partial charge in [0.25, 0.3) is 0 Å². The van der Waals surface area contributed by atoms with E-state index in [4.69, 9.17) is 22.4 Å². The second-order valence-electron chi connectivity index (χ2n) is 3.66. The molecule has 1 aromatic heterocycles. The third kappa shape index (κ3) is 2.28. The molecule has 0 saturated carbocycles. The number of halogens is 1. The van der Waals surface area contributed by atoms with Gasteiger partial charge in [0.15, 0.2) is 0 Å². The molecule has 2 rings (SSSR count). The third-order valence-electron chi connectivity index (χ3n) is 2.41. The molecule has 88 valence electrons. The van der Waals surface area contributed by atoms with Crippen LogP contribution >= 0.6 is 22.9 Å². The van der Waals surface area contributed by atoms with E-state index >= 15 is 0 Å². The summed E-state index contributed by atoms with van der Waals surface area (Å²) in [5, 5.41) is 9.61. The Morgan fingerprint density at radius 3 is 2.65 bits per heavy atom. The molecule has 0 saturated heterocycles. The quantitative estimate of drug-likeness (QED) is 0.873. The summed E-state index contributed by atoms with van der Waals surface area (Å²) in [5.74, 6) is -0.995. The van der Waals surface area contributed by atoms with Gasteiger partial charge in [0.1, 0.15) is 4.88 Å². The lowest BCUT2D eigenvalue weighted by Gasteiger charge is -2.02. The average Bonchev–Trinajstić information content (AvgIpc) is 2.60. The molecular weight excluding hydrogens is 258 g/mol. The zero-order chi connectivity index (χ0) is 12.6. The van der Waals surface area contributed by atoms with Gasteiger partial charge in [-0.15, -0.1) is 11.3 Å². The summed E-state index contributed by atoms with van der Waals surface area (Å²) in [6.07, 6.45) is 0. The molecule has 0 unspecified atom stereocenters. The van der Waals surface area contributed by atoms with Crippen LogP contribution in [0, 0.1) is 6.92 Å². The number of aryl methyl sites for hydroxylation is 1. The van der Waals surface area contributed by atoms with Crippen molar-refractivity contribution in [1.82, 2.24) is 0 Å². The number of benzene rings is 1. The Hall–Kier alpha value is -1.52. The summed E-state index contributed by atoms with van der Waals surface area (Å²) < 4.78 is 0. The van der Waals surface area contributed by atoms with E-state index in [0.717, 1.165) is 16.0 Å². The van der Waals surface area contributed by atoms with Gasteiger partial charge in [-0.2, -0.15) is 0 Å². The standard InChI is InChI=1S/C12H10ClNO2S/c1-6-4-7(13)2-3-8(6)10-5-9(14)11(17-10)12(15)16/h2-5H,14H2,1H3,(H,15,16). The molecule has 0 fully saturated rings. The predicted molar refractivity (Wildman–Crippen MR) is 70.9 cm³/mol. The molecule has 0 radical (unpaired) electrons. The van der Waals surface area contributed by atoms with E-state index in [0.29, 0.717) is 10.7 Å². The first kappa shape index (κ1) is 12.0. The Labute approximate surface area is 107 Å². The number of carboxylic acid groups (broad SMARTS) is 1. The van der Waals surface area contributed by atoms with Gasteiger partial charge in [0.2, 0.25) is 0 Å². The SMILES string of the molecule is Cc1cc(Cl)ccc1-c1cc(N)c(C(=O)O)s1. The van der Waals surface area contributed by atoms with Gasteiger partial charge >= 0.3 is 5.97 Å². The van der Waals surface area contributed by atoms with Crippen LogP contribution in [0.15, 0.2) is 24.3 Å². The lowest BCUT2D eigenvalue weighted by molar-refractivity contribution is 0.0703. The molecule has 0 amide bonds. The maximum atomic E-state index is 10.9. The first-order chi connectivity index (χ1) is 7.99. The minimum Gasteiger partial charge on any atom is -0.477 e. The van der Waals surface area contributed by atoms with Crippen LogP contribution in [0.3, 0.4) is 0 Å². The number of hydrogen-bond donors (Lipinski definition) is 2. The van der Waals surface area contributed by atoms with Crippen LogP contribution in [-0.4, -0.2) is 11.1 Å². The number of nitrogen functional groups attached to an aromatic ring is 1. The zero-order valence-corrected chi connectivity index (χ0v) is 10.6. The van der Waals surface area contributed by atoms with Gasteiger partial charge in [0.05, 0.1) is 5.69 Å². The molecule has 0 atom stereocenters. The van der Waals surface area contributed by atoms with Crippen molar-refractivity contribution in [3.05, 3.63) is 39.7 Å². The lowest BCUT2D eigenvalue weighted by Crippen LogP contribution is -1.96. The Morgan fingerprint density at radius 1 is 1.41 bits per heavy atom. The van der Waals surface area contributed by atoms with Crippen LogP contribution in [-0.2, 0) is 0 Å². The summed E-state index contributed by atoms with van der Waals surface area (Å²) in [7, 11) is 0. The van der Waals surface area contributed by atoms with E-state index < -0.39 is 5.97 Å². The van der Waals surface area contributed by atoms with E-state index in [2.05, 4.69) is 0 Å². The summed E-state index contributed by atoms with van der Waals surface area (Å²) in [5.41, 5.74) is 7.91. The van der Waals surface area contributed by atoms with Crippen molar-refractivity contribution in [2.75, 3.05) is 5.73 Å². The molecule has 1 heterocycles. The van der Waals surface area contributed by atoms with Crippen molar-refractivity contribution in [3.8, 4) is 10.4 Å². The van der Waals surface area contributed by atoms with Crippen molar-refractivity contribution in [1.29, 1.82) is 0 Å². The van der Waals surface area contributed by atoms with Gasteiger partial charge < -0.3 is 10.8 Å². The van der Waals surface area contributed by atoms with Crippen molar-refractivity contribution in [2.24, 2.45) is 0 Å². The van der Waals surface area contributed by atoms with Crippen LogP contribution in [0.25, 0.3) is 10.4 Å². The fourth-order valence-corrected chi connectivity index (χ4v) is 2.84. The minimum absolute atomic E-state index is 0.175. The van der Waals surface area contributed by atoms with E-state index in [-0.39, 0.29) is 4.88 Å². The van der Waals surface area contributed by atoms with Gasteiger partial charge in [-0.05, 0) is 36.2 Å². The van der Waals surface area contributed by atoms with Crippen molar-refractivity contribution in [3.63, 3.8) is 0 Å². The number of carbonyl (C=O) groups is 1. The smallest absolute Gasteiger partial charge is 0.348 e. The fourth-order valence-electron chi connectivity index (χ4n) is 1.61. The summed E-state index contributed by atoms with van der Waals surface area (Å²) in [4.78, 5) is 11.9. The van der Waals surface area contributed by atoms with Gasteiger partial charge in [0, 0.05) is 9.90 Å². The average molecular weight is 268 g/mol. The molecule has 2 aromatic rings. The van der Waals surface area contributed by atoms with Crippen LogP contribution in [0.1, 0.15) is 15.2 Å². The maximum Gasteiger partial charge on any atom is 0.348 e. The normalized spacial score (nSPS) is 10.5. The Bertz CT molecular complexity index is 592. The highest BCUT2D eigenvalue weighted by Crippen LogP contribution is 2.35. The number of thiophene rings is 1. The highest BCUT2D eigenvalue weighted by Gasteiger charge is 2.15. The highest BCUT2D eigenvalue weighted by atomic mass is 35.5. The molecular formula is C12H10ClNO2S. The van der Waals surface area contributed by atoms with Crippen LogP contribution in [0.2, 0.25) is 5.02 Å². The molecule has 3 nitrogen and oxygen atoms in total. The van der Waals surface area contributed by atoms with Crippen LogP contribution < -0.4 is 5.73 Å². The topological polar surface area (TPSA) is 63.3 Å². The minimum atomic E-state index is -0.995. The highest BCUT2D eigenvalue weighted by molar-refractivity contribution is 7.18. The molecule has 0 bridgehead atoms. The summed E-state index contributed by atoms with van der Waals surface area (Å²) >= 11 is 7.05. The maximum absolute atomic E-state index is 10.9. The second kappa shape index (κ2) is 4.39. The number of carboxylic acids is 1. The van der Waals surface area contributed by atoms with Gasteiger partial charge in [-0.25, -0.2) is 4.79 Å². The molecule has 17 heavy (non-hydrogen) atoms. The molecule has 0 spiro atoms. The number of anilines is 1. The number of hydrogen-bond acceptors (Lipinski definition) is 3. The monoisotopic (exact) mass is 267 g/mol. The van der Waals surface area contributed by atoms with E-state index in [1.165, 1.54) is 11.3 Å². The molecule has 5 heteroatoms. The Morgan fingerprint density at radius 2 is 2.12 bits per heavy atom. The van der Waals surface area contributed by atoms with Crippen LogP contribution in [0.5, 0.6) is 0 Å². The molecule has 3 N–H and O–H groups in total. The third-order valence-corrected chi connectivity index (χ3v) is 3.82. The summed E-state index contributed by atoms with van der Waals surface area (Å²) in [6.45, 7) is 1.93. The number of nitrogens with two attached hydrogens (primary N) is 1. The fraction of sp³-hybridized carbons (Fsp3) is 0.0833. The van der Waals surface area contributed by atoms with E-state index in [9.17, 15) is 4.79 Å². The predicted octanol–water partition coefficient (Wildman–Crippen LogP) is 3.66. The van der Waals surface area contributed by atoms with Gasteiger partial charge in [-0.1, -0.05) is 17.7 Å². The second-order valence-corrected chi connectivity index (χ2v) is 5.15.